The Morgan fingerprint density at radius 1 is 1.05 bits per heavy atom. The van der Waals surface area contributed by atoms with Crippen LogP contribution in [-0.4, -0.2) is 0 Å². The molecule has 2 nitrogen and oxygen atoms in total. The van der Waals surface area contributed by atoms with Gasteiger partial charge in [0.15, 0.2) is 11.6 Å². The third kappa shape index (κ3) is 2.88. The van der Waals surface area contributed by atoms with Crippen molar-refractivity contribution in [2.75, 3.05) is 5.32 Å². The second-order valence-electron chi connectivity index (χ2n) is 3.68. The Hall–Kier alpha value is -2.00. The van der Waals surface area contributed by atoms with E-state index in [0.29, 0.717) is 10.2 Å². The summed E-state index contributed by atoms with van der Waals surface area (Å²) in [6.45, 7) is 0. The second kappa shape index (κ2) is 5.33. The molecule has 0 aliphatic heterocycles. The molecule has 0 atom stereocenters. The van der Waals surface area contributed by atoms with Gasteiger partial charge >= 0.3 is 0 Å². The van der Waals surface area contributed by atoms with E-state index in [-0.39, 0.29) is 5.56 Å². The maximum Gasteiger partial charge on any atom is 0.150 e. The highest BCUT2D eigenvalue weighted by atomic mass is 79.9. The Morgan fingerprint density at radius 3 is 2.21 bits per heavy atom. The summed E-state index contributed by atoms with van der Waals surface area (Å²) < 4.78 is 40.5. The number of rotatable bonds is 2. The van der Waals surface area contributed by atoms with E-state index in [4.69, 9.17) is 5.26 Å². The van der Waals surface area contributed by atoms with Crippen molar-refractivity contribution < 1.29 is 13.2 Å². The molecular formula is C13H6BrF3N2. The summed E-state index contributed by atoms with van der Waals surface area (Å²) in [6, 6.07) is 7.16. The third-order valence-corrected chi connectivity index (χ3v) is 3.02. The lowest BCUT2D eigenvalue weighted by molar-refractivity contribution is 0.590. The number of nitrogens with zero attached hydrogens (tertiary/aromatic N) is 1. The first-order chi connectivity index (χ1) is 9.01. The number of hydrogen-bond donors (Lipinski definition) is 1. The summed E-state index contributed by atoms with van der Waals surface area (Å²) in [5, 5.41) is 11.1. The van der Waals surface area contributed by atoms with Gasteiger partial charge in [0.25, 0.3) is 0 Å². The standard InChI is InChI=1S/C13H6BrF3N2/c14-9-5-8(15)1-2-12(9)19-13-10(16)3-7(6-18)4-11(13)17/h1-5,19H. The molecule has 0 radical (unpaired) electrons. The molecule has 0 aliphatic rings. The van der Waals surface area contributed by atoms with E-state index >= 15 is 0 Å². The van der Waals surface area contributed by atoms with Crippen LogP contribution in [0.25, 0.3) is 0 Å². The van der Waals surface area contributed by atoms with Crippen LogP contribution >= 0.6 is 15.9 Å². The van der Waals surface area contributed by atoms with Gasteiger partial charge in [-0.15, -0.1) is 0 Å². The Labute approximate surface area is 115 Å². The van der Waals surface area contributed by atoms with Crippen LogP contribution in [-0.2, 0) is 0 Å². The van der Waals surface area contributed by atoms with Crippen molar-refractivity contribution in [2.45, 2.75) is 0 Å². The summed E-state index contributed by atoms with van der Waals surface area (Å²) in [6.07, 6.45) is 0. The van der Waals surface area contributed by atoms with Crippen molar-refractivity contribution in [3.05, 3.63) is 57.8 Å². The van der Waals surface area contributed by atoms with Gasteiger partial charge in [0.05, 0.1) is 17.3 Å². The lowest BCUT2D eigenvalue weighted by Crippen LogP contribution is -1.99. The fraction of sp³-hybridized carbons (Fsp3) is 0. The number of anilines is 2. The molecule has 2 aromatic rings. The topological polar surface area (TPSA) is 35.8 Å². The highest BCUT2D eigenvalue weighted by Crippen LogP contribution is 2.29. The van der Waals surface area contributed by atoms with Crippen molar-refractivity contribution >= 4 is 27.3 Å². The highest BCUT2D eigenvalue weighted by Gasteiger charge is 2.13. The largest absolute Gasteiger partial charge is 0.350 e. The predicted molar refractivity (Wildman–Crippen MR) is 68.5 cm³/mol. The minimum Gasteiger partial charge on any atom is -0.350 e. The van der Waals surface area contributed by atoms with Crippen LogP contribution in [0.3, 0.4) is 0 Å². The molecule has 2 aromatic carbocycles. The zero-order valence-electron chi connectivity index (χ0n) is 9.35. The number of nitriles is 1. The van der Waals surface area contributed by atoms with E-state index in [9.17, 15) is 13.2 Å². The van der Waals surface area contributed by atoms with Gasteiger partial charge in [0.1, 0.15) is 11.5 Å². The van der Waals surface area contributed by atoms with Gasteiger partial charge in [-0.25, -0.2) is 13.2 Å². The summed E-state index contributed by atoms with van der Waals surface area (Å²) in [5.74, 6) is -2.27. The Kier molecular flexibility index (Phi) is 3.76. The monoisotopic (exact) mass is 326 g/mol. The quantitative estimate of drug-likeness (QED) is 0.883. The van der Waals surface area contributed by atoms with Crippen LogP contribution in [0, 0.1) is 28.8 Å². The first-order valence-electron chi connectivity index (χ1n) is 5.12. The van der Waals surface area contributed by atoms with Crippen LogP contribution in [0.4, 0.5) is 24.5 Å². The first kappa shape index (κ1) is 13.4. The normalized spacial score (nSPS) is 10.1. The number of hydrogen-bond acceptors (Lipinski definition) is 2. The first-order valence-corrected chi connectivity index (χ1v) is 5.92. The molecule has 0 saturated heterocycles. The zero-order valence-corrected chi connectivity index (χ0v) is 10.9. The molecule has 0 saturated carbocycles. The molecule has 96 valence electrons. The van der Waals surface area contributed by atoms with Crippen molar-refractivity contribution in [2.24, 2.45) is 0 Å². The van der Waals surface area contributed by atoms with E-state index in [1.807, 2.05) is 0 Å². The molecule has 0 amide bonds. The van der Waals surface area contributed by atoms with Gasteiger partial charge in [-0.05, 0) is 46.3 Å². The summed E-state index contributed by atoms with van der Waals surface area (Å²) >= 11 is 3.08. The van der Waals surface area contributed by atoms with Crippen molar-refractivity contribution in [1.82, 2.24) is 0 Å². The van der Waals surface area contributed by atoms with E-state index < -0.39 is 23.1 Å². The predicted octanol–water partition coefficient (Wildman–Crippen LogP) is 4.48. The summed E-state index contributed by atoms with van der Waals surface area (Å²) in [7, 11) is 0. The van der Waals surface area contributed by atoms with Crippen LogP contribution in [0.2, 0.25) is 0 Å². The number of halogens is 4. The van der Waals surface area contributed by atoms with Gasteiger partial charge in [0, 0.05) is 4.47 Å². The molecule has 0 spiro atoms. The molecule has 2 rings (SSSR count). The third-order valence-electron chi connectivity index (χ3n) is 2.36. The minimum absolute atomic E-state index is 0.112. The molecule has 19 heavy (non-hydrogen) atoms. The second-order valence-corrected chi connectivity index (χ2v) is 4.53. The lowest BCUT2D eigenvalue weighted by atomic mass is 10.2. The van der Waals surface area contributed by atoms with E-state index in [2.05, 4.69) is 21.2 Å². The number of benzene rings is 2. The van der Waals surface area contributed by atoms with Crippen LogP contribution in [0.5, 0.6) is 0 Å². The fourth-order valence-corrected chi connectivity index (χ4v) is 1.93. The highest BCUT2D eigenvalue weighted by molar-refractivity contribution is 9.10. The summed E-state index contributed by atoms with van der Waals surface area (Å²) in [5.41, 5.74) is -0.200. The molecule has 0 bridgehead atoms. The Balaban J connectivity index is 2.41. The summed E-state index contributed by atoms with van der Waals surface area (Å²) in [4.78, 5) is 0. The maximum absolute atomic E-state index is 13.7. The lowest BCUT2D eigenvalue weighted by Gasteiger charge is -2.10. The molecule has 0 heterocycles. The van der Waals surface area contributed by atoms with Crippen molar-refractivity contribution in [1.29, 1.82) is 5.26 Å². The molecule has 0 aliphatic carbocycles. The maximum atomic E-state index is 13.7. The van der Waals surface area contributed by atoms with E-state index in [1.165, 1.54) is 12.1 Å². The smallest absolute Gasteiger partial charge is 0.150 e. The van der Waals surface area contributed by atoms with Gasteiger partial charge in [0.2, 0.25) is 0 Å². The number of nitrogens with one attached hydrogen (secondary N) is 1. The van der Waals surface area contributed by atoms with Crippen LogP contribution < -0.4 is 5.32 Å². The molecule has 0 aromatic heterocycles. The average molecular weight is 327 g/mol. The zero-order chi connectivity index (χ0) is 14.0. The van der Waals surface area contributed by atoms with Gasteiger partial charge < -0.3 is 5.32 Å². The SMILES string of the molecule is N#Cc1cc(F)c(Nc2ccc(F)cc2Br)c(F)c1. The van der Waals surface area contributed by atoms with Gasteiger partial charge in [-0.1, -0.05) is 0 Å². The molecular weight excluding hydrogens is 321 g/mol. The Bertz CT molecular complexity index is 657. The van der Waals surface area contributed by atoms with E-state index in [1.54, 1.807) is 6.07 Å². The van der Waals surface area contributed by atoms with Crippen LogP contribution in [0.15, 0.2) is 34.8 Å². The average Bonchev–Trinajstić information content (AvgIpc) is 2.35. The van der Waals surface area contributed by atoms with Crippen LogP contribution in [0.1, 0.15) is 5.56 Å². The molecule has 0 fully saturated rings. The minimum atomic E-state index is -0.896. The van der Waals surface area contributed by atoms with Crippen molar-refractivity contribution in [3.8, 4) is 6.07 Å². The molecule has 0 unspecified atom stereocenters. The van der Waals surface area contributed by atoms with Crippen molar-refractivity contribution in [3.63, 3.8) is 0 Å². The molecule has 1 N–H and O–H groups in total. The van der Waals surface area contributed by atoms with E-state index in [0.717, 1.165) is 18.2 Å². The van der Waals surface area contributed by atoms with Gasteiger partial charge in [-0.2, -0.15) is 5.26 Å². The molecule has 6 heteroatoms. The fourth-order valence-electron chi connectivity index (χ4n) is 1.48. The van der Waals surface area contributed by atoms with Gasteiger partial charge in [-0.3, -0.25) is 0 Å². The Morgan fingerprint density at radius 2 is 1.68 bits per heavy atom.